The predicted octanol–water partition coefficient (Wildman–Crippen LogP) is 2.72. The van der Waals surface area contributed by atoms with Gasteiger partial charge in [-0.3, -0.25) is 9.36 Å². The molecule has 1 aromatic carbocycles. The van der Waals surface area contributed by atoms with Crippen molar-refractivity contribution < 1.29 is 9.21 Å². The van der Waals surface area contributed by atoms with Gasteiger partial charge in [0.15, 0.2) is 11.0 Å². The lowest BCUT2D eigenvalue weighted by Crippen LogP contribution is -2.13. The molecule has 0 unspecified atom stereocenters. The van der Waals surface area contributed by atoms with Crippen molar-refractivity contribution in [3.05, 3.63) is 47.9 Å². The number of amides is 1. The molecule has 6 nitrogen and oxygen atoms in total. The van der Waals surface area contributed by atoms with Crippen molar-refractivity contribution in [3.63, 3.8) is 0 Å². The SMILES string of the molecule is Cc1ccc(-n2c(SCC(N)=O)nnc2-c2ccoc2C)cc1. The lowest BCUT2D eigenvalue weighted by atomic mass is 10.2. The summed E-state index contributed by atoms with van der Waals surface area (Å²) >= 11 is 1.26. The van der Waals surface area contributed by atoms with Crippen LogP contribution >= 0.6 is 11.8 Å². The van der Waals surface area contributed by atoms with E-state index >= 15 is 0 Å². The van der Waals surface area contributed by atoms with Gasteiger partial charge in [-0.15, -0.1) is 10.2 Å². The van der Waals surface area contributed by atoms with Crippen LogP contribution < -0.4 is 5.73 Å². The van der Waals surface area contributed by atoms with Crippen molar-refractivity contribution in [2.24, 2.45) is 5.73 Å². The van der Waals surface area contributed by atoms with Gasteiger partial charge < -0.3 is 10.2 Å². The van der Waals surface area contributed by atoms with Crippen LogP contribution in [0.25, 0.3) is 17.1 Å². The van der Waals surface area contributed by atoms with Crippen LogP contribution in [0.4, 0.5) is 0 Å². The maximum Gasteiger partial charge on any atom is 0.227 e. The largest absolute Gasteiger partial charge is 0.469 e. The second-order valence-corrected chi connectivity index (χ2v) is 6.07. The maximum atomic E-state index is 11.1. The van der Waals surface area contributed by atoms with Gasteiger partial charge in [-0.1, -0.05) is 29.5 Å². The quantitative estimate of drug-likeness (QED) is 0.728. The number of furan rings is 1. The Hall–Kier alpha value is -2.54. The topological polar surface area (TPSA) is 86.9 Å². The number of aromatic nitrogens is 3. The molecule has 0 aliphatic carbocycles. The first-order chi connectivity index (χ1) is 11.1. The first kappa shape index (κ1) is 15.4. The molecule has 7 heteroatoms. The monoisotopic (exact) mass is 328 g/mol. The van der Waals surface area contributed by atoms with Crippen LogP contribution in [0.15, 0.2) is 46.2 Å². The van der Waals surface area contributed by atoms with E-state index in [4.69, 9.17) is 10.2 Å². The number of aryl methyl sites for hydroxylation is 2. The molecular formula is C16H16N4O2S. The number of rotatable bonds is 5. The molecule has 0 spiro atoms. The predicted molar refractivity (Wildman–Crippen MR) is 88.5 cm³/mol. The number of thioether (sulfide) groups is 1. The van der Waals surface area contributed by atoms with Crippen molar-refractivity contribution in [2.75, 3.05) is 5.75 Å². The van der Waals surface area contributed by atoms with Crippen LogP contribution in [-0.2, 0) is 4.79 Å². The molecule has 0 bridgehead atoms. The zero-order chi connectivity index (χ0) is 16.4. The maximum absolute atomic E-state index is 11.1. The number of hydrogen-bond donors (Lipinski definition) is 1. The van der Waals surface area contributed by atoms with Crippen LogP contribution in [0, 0.1) is 13.8 Å². The van der Waals surface area contributed by atoms with E-state index in [0.717, 1.165) is 22.6 Å². The van der Waals surface area contributed by atoms with Crippen molar-refractivity contribution in [3.8, 4) is 17.1 Å². The fraction of sp³-hybridized carbons (Fsp3) is 0.188. The molecule has 0 atom stereocenters. The van der Waals surface area contributed by atoms with E-state index < -0.39 is 5.91 Å². The van der Waals surface area contributed by atoms with Gasteiger partial charge >= 0.3 is 0 Å². The summed E-state index contributed by atoms with van der Waals surface area (Å²) in [6.45, 7) is 3.90. The molecule has 0 saturated carbocycles. The Morgan fingerprint density at radius 2 is 1.96 bits per heavy atom. The highest BCUT2D eigenvalue weighted by molar-refractivity contribution is 7.99. The van der Waals surface area contributed by atoms with Crippen LogP contribution in [0.2, 0.25) is 0 Å². The Kier molecular flexibility index (Phi) is 4.20. The minimum Gasteiger partial charge on any atom is -0.469 e. The fourth-order valence-corrected chi connectivity index (χ4v) is 2.91. The van der Waals surface area contributed by atoms with Gasteiger partial charge in [0, 0.05) is 5.69 Å². The molecule has 118 valence electrons. The second kappa shape index (κ2) is 6.29. The van der Waals surface area contributed by atoms with Gasteiger partial charge in [0.05, 0.1) is 17.6 Å². The molecule has 2 N–H and O–H groups in total. The van der Waals surface area contributed by atoms with E-state index in [1.54, 1.807) is 6.26 Å². The smallest absolute Gasteiger partial charge is 0.227 e. The Morgan fingerprint density at radius 3 is 2.57 bits per heavy atom. The summed E-state index contributed by atoms with van der Waals surface area (Å²) in [5, 5.41) is 9.10. The number of hydrogen-bond acceptors (Lipinski definition) is 5. The average molecular weight is 328 g/mol. The number of carbonyl (C=O) groups is 1. The van der Waals surface area contributed by atoms with Gasteiger partial charge in [0.2, 0.25) is 5.91 Å². The Labute approximate surface area is 137 Å². The lowest BCUT2D eigenvalue weighted by molar-refractivity contribution is -0.115. The lowest BCUT2D eigenvalue weighted by Gasteiger charge is -2.10. The number of benzene rings is 1. The molecule has 3 aromatic rings. The van der Waals surface area contributed by atoms with Crippen LogP contribution in [0.5, 0.6) is 0 Å². The van der Waals surface area contributed by atoms with Gasteiger partial charge in [-0.2, -0.15) is 0 Å². The van der Waals surface area contributed by atoms with Crippen LogP contribution in [0.3, 0.4) is 0 Å². The molecule has 1 amide bonds. The van der Waals surface area contributed by atoms with Gasteiger partial charge in [0.1, 0.15) is 5.76 Å². The normalized spacial score (nSPS) is 10.9. The molecule has 0 fully saturated rings. The van der Waals surface area contributed by atoms with Gasteiger partial charge in [0.25, 0.3) is 0 Å². The molecular weight excluding hydrogens is 312 g/mol. The zero-order valence-corrected chi connectivity index (χ0v) is 13.6. The van der Waals surface area contributed by atoms with Gasteiger partial charge in [-0.05, 0) is 32.0 Å². The van der Waals surface area contributed by atoms with Crippen LogP contribution in [0.1, 0.15) is 11.3 Å². The van der Waals surface area contributed by atoms with Crippen molar-refractivity contribution >= 4 is 17.7 Å². The Balaban J connectivity index is 2.11. The standard InChI is InChI=1S/C16H16N4O2S/c1-10-3-5-12(6-4-10)20-15(13-7-8-22-11(13)2)18-19-16(20)23-9-14(17)21/h3-8H,9H2,1-2H3,(H2,17,21). The third-order valence-electron chi connectivity index (χ3n) is 3.37. The molecule has 23 heavy (non-hydrogen) atoms. The first-order valence-corrected chi connectivity index (χ1v) is 8.03. The molecule has 0 radical (unpaired) electrons. The number of nitrogens with zero attached hydrogens (tertiary/aromatic N) is 3. The third-order valence-corrected chi connectivity index (χ3v) is 4.32. The minimum absolute atomic E-state index is 0.147. The van der Waals surface area contributed by atoms with E-state index in [1.165, 1.54) is 11.8 Å². The first-order valence-electron chi connectivity index (χ1n) is 7.04. The zero-order valence-electron chi connectivity index (χ0n) is 12.8. The highest BCUT2D eigenvalue weighted by Crippen LogP contribution is 2.30. The second-order valence-electron chi connectivity index (χ2n) is 5.12. The highest BCUT2D eigenvalue weighted by atomic mass is 32.2. The van der Waals surface area contributed by atoms with Crippen LogP contribution in [-0.4, -0.2) is 26.4 Å². The van der Waals surface area contributed by atoms with Crippen molar-refractivity contribution in [1.29, 1.82) is 0 Å². The summed E-state index contributed by atoms with van der Waals surface area (Å²) in [6.07, 6.45) is 1.62. The van der Waals surface area contributed by atoms with E-state index in [9.17, 15) is 4.79 Å². The van der Waals surface area contributed by atoms with Crippen molar-refractivity contribution in [2.45, 2.75) is 19.0 Å². The molecule has 2 aromatic heterocycles. The van der Waals surface area contributed by atoms with E-state index in [-0.39, 0.29) is 5.75 Å². The summed E-state index contributed by atoms with van der Waals surface area (Å²) in [7, 11) is 0. The number of nitrogens with two attached hydrogens (primary N) is 1. The molecule has 2 heterocycles. The van der Waals surface area contributed by atoms with Gasteiger partial charge in [-0.25, -0.2) is 0 Å². The van der Waals surface area contributed by atoms with Crippen molar-refractivity contribution in [1.82, 2.24) is 14.8 Å². The molecule has 3 rings (SSSR count). The molecule has 0 saturated heterocycles. The summed E-state index contributed by atoms with van der Waals surface area (Å²) in [5.74, 6) is 1.19. The number of primary amides is 1. The Bertz CT molecular complexity index is 836. The van der Waals surface area contributed by atoms with E-state index in [1.807, 2.05) is 48.7 Å². The summed E-state index contributed by atoms with van der Waals surface area (Å²) in [5.41, 5.74) is 8.19. The van der Waals surface area contributed by atoms with E-state index in [0.29, 0.717) is 11.0 Å². The number of carbonyl (C=O) groups excluding carboxylic acids is 1. The molecule has 0 aliphatic heterocycles. The van der Waals surface area contributed by atoms with E-state index in [2.05, 4.69) is 10.2 Å². The third kappa shape index (κ3) is 3.14. The average Bonchev–Trinajstić information content (AvgIpc) is 3.11. The summed E-state index contributed by atoms with van der Waals surface area (Å²) < 4.78 is 7.28. The fourth-order valence-electron chi connectivity index (χ4n) is 2.22. The summed E-state index contributed by atoms with van der Waals surface area (Å²) in [4.78, 5) is 11.1. The summed E-state index contributed by atoms with van der Waals surface area (Å²) in [6, 6.07) is 9.87. The Morgan fingerprint density at radius 1 is 1.22 bits per heavy atom. The highest BCUT2D eigenvalue weighted by Gasteiger charge is 2.19. The molecule has 0 aliphatic rings. The minimum atomic E-state index is -0.394.